The Bertz CT molecular complexity index is 1460. The lowest BCUT2D eigenvalue weighted by Gasteiger charge is -2.23. The molecule has 0 unspecified atom stereocenters. The molecule has 40 heavy (non-hydrogen) atoms. The van der Waals surface area contributed by atoms with E-state index in [1.165, 1.54) is 18.2 Å². The second-order valence-electron chi connectivity index (χ2n) is 8.93. The number of hydrogen-bond donors (Lipinski definition) is 2. The Kier molecular flexibility index (Phi) is 8.90. The van der Waals surface area contributed by atoms with Gasteiger partial charge < -0.3 is 24.6 Å². The number of carbonyl (C=O) groups is 2. The van der Waals surface area contributed by atoms with E-state index in [1.807, 2.05) is 42.5 Å². The van der Waals surface area contributed by atoms with Crippen LogP contribution in [0.5, 0.6) is 11.5 Å². The van der Waals surface area contributed by atoms with Gasteiger partial charge in [0, 0.05) is 5.39 Å². The zero-order valence-corrected chi connectivity index (χ0v) is 21.4. The molecule has 1 amide bonds. The van der Waals surface area contributed by atoms with Gasteiger partial charge in [0.15, 0.2) is 6.04 Å². The van der Waals surface area contributed by atoms with Gasteiger partial charge >= 0.3 is 12.3 Å². The van der Waals surface area contributed by atoms with Crippen LogP contribution in [0.4, 0.5) is 13.2 Å². The van der Waals surface area contributed by atoms with Crippen molar-refractivity contribution in [2.24, 2.45) is 0 Å². The summed E-state index contributed by atoms with van der Waals surface area (Å²) in [6.45, 7) is 1.66. The predicted octanol–water partition coefficient (Wildman–Crippen LogP) is 6.11. The van der Waals surface area contributed by atoms with Crippen molar-refractivity contribution in [1.29, 1.82) is 0 Å². The van der Waals surface area contributed by atoms with E-state index in [2.05, 4.69) is 10.1 Å². The Morgan fingerprint density at radius 2 is 1.50 bits per heavy atom. The molecule has 0 aliphatic carbocycles. The Morgan fingerprint density at radius 3 is 2.17 bits per heavy atom. The van der Waals surface area contributed by atoms with Crippen molar-refractivity contribution in [2.45, 2.75) is 38.6 Å². The number of halogens is 3. The maximum atomic E-state index is 13.4. The number of nitrogens with one attached hydrogen (secondary N) is 1. The molecule has 0 fully saturated rings. The van der Waals surface area contributed by atoms with Gasteiger partial charge in [-0.3, -0.25) is 4.79 Å². The average molecular weight is 554 g/mol. The summed E-state index contributed by atoms with van der Waals surface area (Å²) >= 11 is 0. The standard InChI is InChI=1S/C30H26F3NO6/c1-19(38-17-20-7-3-2-4-8-20)26(29(36)37)34-28(35)25-16-13-22-9-5-6-10-24(22)27(25)39-18-21-11-14-23(15-12-21)40-30(31,32)33/h2-16,19,26H,17-18H2,1H3,(H,34,35)(H,36,37)/t19-,26+/m1/s1. The largest absolute Gasteiger partial charge is 0.573 e. The van der Waals surface area contributed by atoms with Gasteiger partial charge in [-0.25, -0.2) is 4.79 Å². The number of carboxylic acid groups (broad SMARTS) is 1. The third kappa shape index (κ3) is 7.51. The molecule has 0 bridgehead atoms. The van der Waals surface area contributed by atoms with Crippen molar-refractivity contribution in [3.05, 3.63) is 108 Å². The Hall–Kier alpha value is -4.57. The minimum atomic E-state index is -4.80. The molecule has 2 atom stereocenters. The minimum Gasteiger partial charge on any atom is -0.487 e. The number of aliphatic carboxylic acids is 1. The van der Waals surface area contributed by atoms with Crippen LogP contribution >= 0.6 is 0 Å². The van der Waals surface area contributed by atoms with Crippen molar-refractivity contribution >= 4 is 22.6 Å². The molecular weight excluding hydrogens is 527 g/mol. The van der Waals surface area contributed by atoms with Crippen LogP contribution in [-0.2, 0) is 22.7 Å². The summed E-state index contributed by atoms with van der Waals surface area (Å²) < 4.78 is 53.0. The summed E-state index contributed by atoms with van der Waals surface area (Å²) in [5, 5.41) is 13.7. The van der Waals surface area contributed by atoms with Gasteiger partial charge in [0.05, 0.1) is 18.3 Å². The highest BCUT2D eigenvalue weighted by Gasteiger charge is 2.31. The van der Waals surface area contributed by atoms with Gasteiger partial charge in [-0.15, -0.1) is 13.2 Å². The Labute approximate surface area is 228 Å². The number of carboxylic acids is 1. The number of benzene rings is 4. The molecule has 0 aliphatic heterocycles. The molecule has 7 nitrogen and oxygen atoms in total. The van der Waals surface area contributed by atoms with E-state index in [1.54, 1.807) is 25.1 Å². The summed E-state index contributed by atoms with van der Waals surface area (Å²) in [6, 6.07) is 23.4. The fourth-order valence-corrected chi connectivity index (χ4v) is 4.02. The molecule has 0 saturated carbocycles. The van der Waals surface area contributed by atoms with Crippen LogP contribution in [0.1, 0.15) is 28.4 Å². The summed E-state index contributed by atoms with van der Waals surface area (Å²) in [7, 11) is 0. The maximum absolute atomic E-state index is 13.4. The SMILES string of the molecule is C[C@@H](OCc1ccccc1)[C@H](NC(=O)c1ccc2ccccc2c1OCc1ccc(OC(F)(F)F)cc1)C(=O)O. The van der Waals surface area contributed by atoms with Crippen LogP contribution in [0.3, 0.4) is 0 Å². The van der Waals surface area contributed by atoms with E-state index >= 15 is 0 Å². The number of hydrogen-bond acceptors (Lipinski definition) is 5. The fraction of sp³-hybridized carbons (Fsp3) is 0.200. The van der Waals surface area contributed by atoms with Gasteiger partial charge in [-0.05, 0) is 41.6 Å². The first-order chi connectivity index (χ1) is 19.1. The van der Waals surface area contributed by atoms with Gasteiger partial charge in [-0.2, -0.15) is 0 Å². The number of carbonyl (C=O) groups excluding carboxylic acids is 1. The van der Waals surface area contributed by atoms with Crippen LogP contribution in [0.15, 0.2) is 91.0 Å². The lowest BCUT2D eigenvalue weighted by Crippen LogP contribution is -2.48. The normalized spacial score (nSPS) is 12.9. The van der Waals surface area contributed by atoms with E-state index in [4.69, 9.17) is 9.47 Å². The highest BCUT2D eigenvalue weighted by atomic mass is 19.4. The average Bonchev–Trinajstić information content (AvgIpc) is 2.93. The molecule has 0 aromatic heterocycles. The molecule has 4 aromatic rings. The highest BCUT2D eigenvalue weighted by Crippen LogP contribution is 2.31. The fourth-order valence-electron chi connectivity index (χ4n) is 4.02. The van der Waals surface area contributed by atoms with Crippen molar-refractivity contribution < 1.29 is 42.1 Å². The molecule has 0 heterocycles. The van der Waals surface area contributed by atoms with Crippen LogP contribution in [0, 0.1) is 0 Å². The van der Waals surface area contributed by atoms with Crippen molar-refractivity contribution in [1.82, 2.24) is 5.32 Å². The molecule has 4 rings (SSSR count). The first kappa shape index (κ1) is 28.4. The lowest BCUT2D eigenvalue weighted by atomic mass is 10.0. The van der Waals surface area contributed by atoms with Crippen LogP contribution in [-0.4, -0.2) is 35.5 Å². The van der Waals surface area contributed by atoms with Crippen LogP contribution < -0.4 is 14.8 Å². The minimum absolute atomic E-state index is 0.0699. The van der Waals surface area contributed by atoms with Crippen LogP contribution in [0.2, 0.25) is 0 Å². The molecule has 0 spiro atoms. The number of ether oxygens (including phenoxy) is 3. The van der Waals surface area contributed by atoms with Gasteiger partial charge in [-0.1, -0.05) is 72.8 Å². The predicted molar refractivity (Wildman–Crippen MR) is 141 cm³/mol. The molecular formula is C30H26F3NO6. The van der Waals surface area contributed by atoms with Gasteiger partial charge in [0.1, 0.15) is 18.1 Å². The van der Waals surface area contributed by atoms with E-state index in [-0.39, 0.29) is 30.3 Å². The third-order valence-electron chi connectivity index (χ3n) is 6.04. The molecule has 208 valence electrons. The summed E-state index contributed by atoms with van der Waals surface area (Å²) in [5.41, 5.74) is 1.48. The number of rotatable bonds is 11. The van der Waals surface area contributed by atoms with Crippen molar-refractivity contribution in [3.8, 4) is 11.5 Å². The first-order valence-corrected chi connectivity index (χ1v) is 12.3. The lowest BCUT2D eigenvalue weighted by molar-refractivity contribution is -0.274. The first-order valence-electron chi connectivity index (χ1n) is 12.3. The molecule has 2 N–H and O–H groups in total. The smallest absolute Gasteiger partial charge is 0.487 e. The molecule has 4 aromatic carbocycles. The molecule has 0 radical (unpaired) electrons. The summed E-state index contributed by atoms with van der Waals surface area (Å²) in [6.07, 6.45) is -5.66. The van der Waals surface area contributed by atoms with E-state index in [0.717, 1.165) is 23.1 Å². The van der Waals surface area contributed by atoms with E-state index < -0.39 is 30.4 Å². The van der Waals surface area contributed by atoms with E-state index in [9.17, 15) is 27.9 Å². The zero-order chi connectivity index (χ0) is 28.7. The number of amides is 1. The quantitative estimate of drug-likeness (QED) is 0.233. The maximum Gasteiger partial charge on any atom is 0.573 e. The summed E-state index contributed by atoms with van der Waals surface area (Å²) in [5.74, 6) is -2.12. The molecule has 0 saturated heterocycles. The highest BCUT2D eigenvalue weighted by molar-refractivity contribution is 6.04. The zero-order valence-electron chi connectivity index (χ0n) is 21.4. The van der Waals surface area contributed by atoms with Gasteiger partial charge in [0.2, 0.25) is 0 Å². The van der Waals surface area contributed by atoms with Crippen molar-refractivity contribution in [3.63, 3.8) is 0 Å². The Morgan fingerprint density at radius 1 is 0.850 bits per heavy atom. The Balaban J connectivity index is 1.53. The van der Waals surface area contributed by atoms with Gasteiger partial charge in [0.25, 0.3) is 5.91 Å². The number of alkyl halides is 3. The second-order valence-corrected chi connectivity index (χ2v) is 8.93. The molecule has 0 aliphatic rings. The molecule has 10 heteroatoms. The van der Waals surface area contributed by atoms with E-state index in [0.29, 0.717) is 10.9 Å². The van der Waals surface area contributed by atoms with Crippen molar-refractivity contribution in [2.75, 3.05) is 0 Å². The second kappa shape index (κ2) is 12.5. The summed E-state index contributed by atoms with van der Waals surface area (Å²) in [4.78, 5) is 25.4. The topological polar surface area (TPSA) is 94.1 Å². The number of fused-ring (bicyclic) bond motifs is 1. The van der Waals surface area contributed by atoms with Crippen LogP contribution in [0.25, 0.3) is 10.8 Å². The monoisotopic (exact) mass is 553 g/mol. The third-order valence-corrected chi connectivity index (χ3v) is 6.04.